The van der Waals surface area contributed by atoms with E-state index in [1.165, 1.54) is 42.3 Å². The lowest BCUT2D eigenvalue weighted by Gasteiger charge is -2.26. The van der Waals surface area contributed by atoms with Crippen molar-refractivity contribution in [2.45, 2.75) is 13.0 Å². The number of hydrogen-bond donors (Lipinski definition) is 1. The summed E-state index contributed by atoms with van der Waals surface area (Å²) in [5, 5.41) is 11.4. The molecule has 1 aliphatic heterocycles. The summed E-state index contributed by atoms with van der Waals surface area (Å²) < 4.78 is 24.3. The number of rotatable bonds is 6. The van der Waals surface area contributed by atoms with E-state index in [1.54, 1.807) is 36.4 Å². The predicted octanol–water partition coefficient (Wildman–Crippen LogP) is 5.51. The van der Waals surface area contributed by atoms with Gasteiger partial charge in [0.2, 0.25) is 0 Å². The SMILES string of the molecule is CCOc1ccc(/C(O)=C2\C(=O)C(=O)N(c3ccc(OC)c(Cl)c3)C2c2ccc(F)cc2)cc1. The van der Waals surface area contributed by atoms with Crippen LogP contribution in [0.3, 0.4) is 0 Å². The Morgan fingerprint density at radius 1 is 1.06 bits per heavy atom. The monoisotopic (exact) mass is 481 g/mol. The van der Waals surface area contributed by atoms with Gasteiger partial charge in [-0.2, -0.15) is 0 Å². The number of ether oxygens (including phenoxy) is 2. The van der Waals surface area contributed by atoms with E-state index in [0.717, 1.165) is 0 Å². The normalized spacial score (nSPS) is 17.2. The number of aliphatic hydroxyl groups is 1. The third-order valence-corrected chi connectivity index (χ3v) is 5.78. The molecule has 0 aromatic heterocycles. The minimum Gasteiger partial charge on any atom is -0.507 e. The van der Waals surface area contributed by atoms with E-state index in [2.05, 4.69) is 0 Å². The molecule has 0 radical (unpaired) electrons. The summed E-state index contributed by atoms with van der Waals surface area (Å²) in [6, 6.07) is 15.6. The molecule has 34 heavy (non-hydrogen) atoms. The minimum atomic E-state index is -1.00. The van der Waals surface area contributed by atoms with Crippen molar-refractivity contribution in [3.63, 3.8) is 0 Å². The molecule has 3 aromatic rings. The highest BCUT2D eigenvalue weighted by molar-refractivity contribution is 6.51. The lowest BCUT2D eigenvalue weighted by Crippen LogP contribution is -2.29. The van der Waals surface area contributed by atoms with Crippen LogP contribution >= 0.6 is 11.6 Å². The average molecular weight is 482 g/mol. The summed E-state index contributed by atoms with van der Waals surface area (Å²) in [6.45, 7) is 2.33. The standard InChI is InChI=1S/C26H21ClFNO5/c1-3-34-19-11-6-16(7-12-19)24(30)22-23(15-4-8-17(28)9-5-15)29(26(32)25(22)31)18-10-13-21(33-2)20(27)14-18/h4-14,23,30H,3H2,1-2H3/b24-22+. The summed E-state index contributed by atoms with van der Waals surface area (Å²) >= 11 is 6.27. The van der Waals surface area contributed by atoms with Gasteiger partial charge < -0.3 is 14.6 Å². The van der Waals surface area contributed by atoms with Crippen LogP contribution in [0.5, 0.6) is 11.5 Å². The number of anilines is 1. The van der Waals surface area contributed by atoms with Gasteiger partial charge in [-0.25, -0.2) is 4.39 Å². The predicted molar refractivity (Wildman–Crippen MR) is 127 cm³/mol. The summed E-state index contributed by atoms with van der Waals surface area (Å²) in [4.78, 5) is 27.6. The van der Waals surface area contributed by atoms with Gasteiger partial charge in [0.05, 0.1) is 30.4 Å². The van der Waals surface area contributed by atoms with Gasteiger partial charge in [0.1, 0.15) is 23.1 Å². The molecule has 1 atom stereocenters. The average Bonchev–Trinajstić information content (AvgIpc) is 3.10. The van der Waals surface area contributed by atoms with Crippen LogP contribution in [-0.4, -0.2) is 30.5 Å². The molecule has 1 unspecified atom stereocenters. The molecule has 6 nitrogen and oxygen atoms in total. The van der Waals surface area contributed by atoms with Gasteiger partial charge >= 0.3 is 0 Å². The molecule has 4 rings (SSSR count). The zero-order chi connectivity index (χ0) is 24.4. The van der Waals surface area contributed by atoms with Crippen molar-refractivity contribution in [3.05, 3.63) is 94.3 Å². The van der Waals surface area contributed by atoms with Crippen molar-refractivity contribution in [1.29, 1.82) is 0 Å². The molecular formula is C26H21ClFNO5. The number of halogens is 2. The highest BCUT2D eigenvalue weighted by Crippen LogP contribution is 2.43. The summed E-state index contributed by atoms with van der Waals surface area (Å²) in [5.74, 6) is -1.54. The third kappa shape index (κ3) is 4.22. The van der Waals surface area contributed by atoms with Gasteiger partial charge in [-0.1, -0.05) is 23.7 Å². The Kier molecular flexibility index (Phi) is 6.56. The largest absolute Gasteiger partial charge is 0.507 e. The molecule has 0 spiro atoms. The van der Waals surface area contributed by atoms with E-state index in [0.29, 0.717) is 34.9 Å². The Morgan fingerprint density at radius 2 is 1.74 bits per heavy atom. The second-order valence-corrected chi connectivity index (χ2v) is 7.90. The van der Waals surface area contributed by atoms with Crippen LogP contribution < -0.4 is 14.4 Å². The van der Waals surface area contributed by atoms with E-state index in [-0.39, 0.29) is 16.4 Å². The van der Waals surface area contributed by atoms with Crippen molar-refractivity contribution in [2.75, 3.05) is 18.6 Å². The molecule has 0 bridgehead atoms. The molecule has 1 N–H and O–H groups in total. The molecule has 1 saturated heterocycles. The Labute approximate surface area is 200 Å². The highest BCUT2D eigenvalue weighted by atomic mass is 35.5. The van der Waals surface area contributed by atoms with Crippen molar-refractivity contribution >= 4 is 34.7 Å². The number of hydrogen-bond acceptors (Lipinski definition) is 5. The van der Waals surface area contributed by atoms with Gasteiger partial charge in [-0.3, -0.25) is 14.5 Å². The maximum absolute atomic E-state index is 13.7. The van der Waals surface area contributed by atoms with Crippen LogP contribution in [0.2, 0.25) is 5.02 Å². The number of methoxy groups -OCH3 is 1. The fourth-order valence-corrected chi connectivity index (χ4v) is 4.15. The van der Waals surface area contributed by atoms with Gasteiger partial charge in [-0.15, -0.1) is 0 Å². The zero-order valence-electron chi connectivity index (χ0n) is 18.4. The fraction of sp³-hybridized carbons (Fsp3) is 0.154. The zero-order valence-corrected chi connectivity index (χ0v) is 19.2. The molecule has 3 aromatic carbocycles. The maximum Gasteiger partial charge on any atom is 0.300 e. The maximum atomic E-state index is 13.7. The van der Waals surface area contributed by atoms with E-state index in [4.69, 9.17) is 21.1 Å². The number of carbonyl (C=O) groups is 2. The van der Waals surface area contributed by atoms with E-state index >= 15 is 0 Å². The molecule has 1 amide bonds. The van der Waals surface area contributed by atoms with Gasteiger partial charge in [0, 0.05) is 11.3 Å². The van der Waals surface area contributed by atoms with Gasteiger partial charge in [0.15, 0.2) is 0 Å². The number of carbonyl (C=O) groups excluding carboxylic acids is 2. The lowest BCUT2D eigenvalue weighted by molar-refractivity contribution is -0.132. The van der Waals surface area contributed by atoms with Crippen LogP contribution in [0.25, 0.3) is 5.76 Å². The topological polar surface area (TPSA) is 76.1 Å². The summed E-state index contributed by atoms with van der Waals surface area (Å²) in [7, 11) is 1.46. The Morgan fingerprint density at radius 3 is 2.32 bits per heavy atom. The first-order chi connectivity index (χ1) is 16.3. The molecule has 174 valence electrons. The van der Waals surface area contributed by atoms with E-state index in [9.17, 15) is 19.1 Å². The van der Waals surface area contributed by atoms with E-state index < -0.39 is 23.5 Å². The number of ketones is 1. The number of benzene rings is 3. The number of nitrogens with zero attached hydrogens (tertiary/aromatic N) is 1. The molecule has 1 aliphatic rings. The van der Waals surface area contributed by atoms with Crippen LogP contribution in [0.1, 0.15) is 24.1 Å². The van der Waals surface area contributed by atoms with Gasteiger partial charge in [0.25, 0.3) is 11.7 Å². The third-order valence-electron chi connectivity index (χ3n) is 5.48. The number of Topliss-reactive ketones (excluding diaryl/α,β-unsaturated/α-hetero) is 1. The Hall–Kier alpha value is -3.84. The molecule has 1 heterocycles. The molecule has 1 fully saturated rings. The van der Waals surface area contributed by atoms with Crippen molar-refractivity contribution in [1.82, 2.24) is 0 Å². The lowest BCUT2D eigenvalue weighted by atomic mass is 9.95. The highest BCUT2D eigenvalue weighted by Gasteiger charge is 2.47. The molecular weight excluding hydrogens is 461 g/mol. The first-order valence-electron chi connectivity index (χ1n) is 10.5. The quantitative estimate of drug-likeness (QED) is 0.285. The smallest absolute Gasteiger partial charge is 0.300 e. The molecule has 8 heteroatoms. The van der Waals surface area contributed by atoms with Gasteiger partial charge in [-0.05, 0) is 67.1 Å². The fourth-order valence-electron chi connectivity index (χ4n) is 3.90. The number of amides is 1. The minimum absolute atomic E-state index is 0.118. The summed E-state index contributed by atoms with van der Waals surface area (Å²) in [5.41, 5.74) is 0.988. The second-order valence-electron chi connectivity index (χ2n) is 7.50. The Bertz CT molecular complexity index is 1270. The van der Waals surface area contributed by atoms with Crippen LogP contribution in [-0.2, 0) is 9.59 Å². The van der Waals surface area contributed by atoms with Crippen molar-refractivity contribution < 1.29 is 28.6 Å². The first kappa shape index (κ1) is 23.3. The number of aliphatic hydroxyl groups excluding tert-OH is 1. The summed E-state index contributed by atoms with van der Waals surface area (Å²) in [6.07, 6.45) is 0. The van der Waals surface area contributed by atoms with Crippen molar-refractivity contribution in [3.8, 4) is 11.5 Å². The Balaban J connectivity index is 1.88. The second kappa shape index (κ2) is 9.57. The van der Waals surface area contributed by atoms with Crippen LogP contribution in [0.4, 0.5) is 10.1 Å². The van der Waals surface area contributed by atoms with E-state index in [1.807, 2.05) is 6.92 Å². The molecule has 0 saturated carbocycles. The molecule has 0 aliphatic carbocycles. The first-order valence-corrected chi connectivity index (χ1v) is 10.9. The van der Waals surface area contributed by atoms with Crippen LogP contribution in [0.15, 0.2) is 72.3 Å². The van der Waals surface area contributed by atoms with Crippen molar-refractivity contribution in [2.24, 2.45) is 0 Å². The van der Waals surface area contributed by atoms with Crippen LogP contribution in [0, 0.1) is 5.82 Å².